The Morgan fingerprint density at radius 3 is 3.05 bits per heavy atom. The van der Waals surface area contributed by atoms with Crippen LogP contribution in [0.1, 0.15) is 19.3 Å². The molecule has 1 aromatic carbocycles. The first-order chi connectivity index (χ1) is 9.31. The highest BCUT2D eigenvalue weighted by Crippen LogP contribution is 2.27. The van der Waals surface area contributed by atoms with E-state index in [1.54, 1.807) is 11.8 Å². The van der Waals surface area contributed by atoms with E-state index in [0.29, 0.717) is 0 Å². The van der Waals surface area contributed by atoms with E-state index in [1.165, 1.54) is 0 Å². The lowest BCUT2D eigenvalue weighted by Gasteiger charge is -2.23. The molecule has 1 fully saturated rings. The molecule has 2 N–H and O–H groups in total. The minimum atomic E-state index is -0.0498. The average molecular weight is 276 g/mol. The number of anilines is 1. The van der Waals surface area contributed by atoms with Gasteiger partial charge in [-0.3, -0.25) is 4.79 Å². The third kappa shape index (κ3) is 4.11. The van der Waals surface area contributed by atoms with Crippen molar-refractivity contribution in [2.24, 2.45) is 0 Å². The van der Waals surface area contributed by atoms with E-state index in [1.807, 2.05) is 30.3 Å². The monoisotopic (exact) mass is 276 g/mol. The van der Waals surface area contributed by atoms with Crippen LogP contribution in [0.2, 0.25) is 0 Å². The summed E-state index contributed by atoms with van der Waals surface area (Å²) in [5.74, 6) is 0.917. The summed E-state index contributed by atoms with van der Waals surface area (Å²) in [5.41, 5.74) is 0.895. The summed E-state index contributed by atoms with van der Waals surface area (Å²) in [4.78, 5) is 13.3. The Morgan fingerprint density at radius 1 is 1.47 bits per heavy atom. The maximum atomic E-state index is 12.2. The van der Waals surface area contributed by atoms with Crippen LogP contribution in [-0.2, 0) is 4.79 Å². The first-order valence-corrected chi connectivity index (χ1v) is 7.67. The van der Waals surface area contributed by atoms with Crippen LogP contribution >= 0.6 is 11.8 Å². The predicted octanol–water partition coefficient (Wildman–Crippen LogP) is 3.05. The smallest absolute Gasteiger partial charge is 0.241 e. The van der Waals surface area contributed by atoms with Crippen LogP contribution in [0.15, 0.2) is 41.8 Å². The van der Waals surface area contributed by atoms with Gasteiger partial charge in [-0.05, 0) is 31.5 Å². The Hall–Kier alpha value is -1.26. The molecule has 0 spiro atoms. The number of amides is 1. The highest BCUT2D eigenvalue weighted by Gasteiger charge is 2.20. The molecule has 0 saturated carbocycles. The summed E-state index contributed by atoms with van der Waals surface area (Å²) < 4.78 is 0. The topological polar surface area (TPSA) is 41.1 Å². The van der Waals surface area contributed by atoms with Gasteiger partial charge in [-0.25, -0.2) is 0 Å². The van der Waals surface area contributed by atoms with Gasteiger partial charge in [0.2, 0.25) is 5.91 Å². The van der Waals surface area contributed by atoms with Gasteiger partial charge in [-0.15, -0.1) is 18.3 Å². The van der Waals surface area contributed by atoms with Crippen molar-refractivity contribution in [1.29, 1.82) is 0 Å². The molecular formula is C15H20N2OS. The fraction of sp³-hybridized carbons (Fsp3) is 0.400. The van der Waals surface area contributed by atoms with Gasteiger partial charge in [0.15, 0.2) is 0 Å². The van der Waals surface area contributed by atoms with E-state index in [4.69, 9.17) is 0 Å². The van der Waals surface area contributed by atoms with Crippen molar-refractivity contribution in [3.8, 4) is 0 Å². The molecule has 1 unspecified atom stereocenters. The molecule has 0 aromatic heterocycles. The van der Waals surface area contributed by atoms with Gasteiger partial charge in [0.05, 0.1) is 11.7 Å². The Bertz CT molecular complexity index is 442. The van der Waals surface area contributed by atoms with Crippen LogP contribution in [0, 0.1) is 0 Å². The first-order valence-electron chi connectivity index (χ1n) is 6.68. The average Bonchev–Trinajstić information content (AvgIpc) is 2.47. The minimum absolute atomic E-state index is 0.0498. The van der Waals surface area contributed by atoms with Gasteiger partial charge < -0.3 is 10.6 Å². The Labute approximate surface area is 118 Å². The molecule has 1 aromatic rings. The molecule has 102 valence electrons. The van der Waals surface area contributed by atoms with Crippen molar-refractivity contribution >= 4 is 23.4 Å². The number of carbonyl (C=O) groups excluding carboxylic acids is 1. The van der Waals surface area contributed by atoms with Crippen molar-refractivity contribution in [2.45, 2.75) is 30.2 Å². The summed E-state index contributed by atoms with van der Waals surface area (Å²) >= 11 is 1.68. The van der Waals surface area contributed by atoms with E-state index in [-0.39, 0.29) is 11.9 Å². The van der Waals surface area contributed by atoms with E-state index in [0.717, 1.165) is 42.1 Å². The second-order valence-electron chi connectivity index (χ2n) is 4.59. The summed E-state index contributed by atoms with van der Waals surface area (Å²) in [6.07, 6.45) is 5.08. The van der Waals surface area contributed by atoms with E-state index in [9.17, 15) is 4.79 Å². The van der Waals surface area contributed by atoms with Crippen LogP contribution in [0.5, 0.6) is 0 Å². The number of carbonyl (C=O) groups is 1. The third-order valence-corrected chi connectivity index (χ3v) is 4.20. The number of piperidine rings is 1. The lowest BCUT2D eigenvalue weighted by molar-refractivity contribution is -0.118. The zero-order valence-electron chi connectivity index (χ0n) is 11.0. The van der Waals surface area contributed by atoms with Gasteiger partial charge >= 0.3 is 0 Å². The zero-order valence-corrected chi connectivity index (χ0v) is 11.8. The largest absolute Gasteiger partial charge is 0.324 e. The molecule has 4 heteroatoms. The summed E-state index contributed by atoms with van der Waals surface area (Å²) in [7, 11) is 0. The van der Waals surface area contributed by atoms with E-state index >= 15 is 0 Å². The highest BCUT2D eigenvalue weighted by atomic mass is 32.2. The summed E-state index contributed by atoms with van der Waals surface area (Å²) in [6.45, 7) is 4.66. The molecule has 1 saturated heterocycles. The molecule has 1 atom stereocenters. The molecule has 1 aliphatic rings. The molecule has 0 aliphatic carbocycles. The third-order valence-electron chi connectivity index (χ3n) is 3.13. The predicted molar refractivity (Wildman–Crippen MR) is 81.6 cm³/mol. The Morgan fingerprint density at radius 2 is 2.32 bits per heavy atom. The van der Waals surface area contributed by atoms with Gasteiger partial charge in [-0.1, -0.05) is 24.6 Å². The second-order valence-corrected chi connectivity index (χ2v) is 5.65. The Balaban J connectivity index is 2.00. The molecule has 2 rings (SSSR count). The van der Waals surface area contributed by atoms with Gasteiger partial charge in [-0.2, -0.15) is 0 Å². The first kappa shape index (κ1) is 14.2. The SMILES string of the molecule is C=CCSc1ccccc1NC(=O)C1CCCCN1. The number of benzene rings is 1. The van der Waals surface area contributed by atoms with Crippen LogP contribution in [0.25, 0.3) is 0 Å². The Kier molecular flexibility index (Phi) is 5.48. The van der Waals surface area contributed by atoms with Gasteiger partial charge in [0.25, 0.3) is 0 Å². The maximum Gasteiger partial charge on any atom is 0.241 e. The van der Waals surface area contributed by atoms with Gasteiger partial charge in [0, 0.05) is 10.6 Å². The molecule has 19 heavy (non-hydrogen) atoms. The highest BCUT2D eigenvalue weighted by molar-refractivity contribution is 7.99. The summed E-state index contributed by atoms with van der Waals surface area (Å²) in [5, 5.41) is 6.30. The number of para-hydroxylation sites is 1. The summed E-state index contributed by atoms with van der Waals surface area (Å²) in [6, 6.07) is 7.86. The minimum Gasteiger partial charge on any atom is -0.324 e. The zero-order chi connectivity index (χ0) is 13.5. The number of hydrogen-bond acceptors (Lipinski definition) is 3. The number of thioether (sulfide) groups is 1. The van der Waals surface area contributed by atoms with Crippen LogP contribution in [0.3, 0.4) is 0 Å². The molecule has 1 amide bonds. The standard InChI is InChI=1S/C15H20N2OS/c1-2-11-19-14-9-4-3-7-12(14)17-15(18)13-8-5-6-10-16-13/h2-4,7,9,13,16H,1,5-6,8,10-11H2,(H,17,18). The fourth-order valence-corrected chi connectivity index (χ4v) is 2.89. The fourth-order valence-electron chi connectivity index (χ4n) is 2.14. The maximum absolute atomic E-state index is 12.2. The molecule has 0 bridgehead atoms. The van der Waals surface area contributed by atoms with Crippen LogP contribution < -0.4 is 10.6 Å². The number of nitrogens with one attached hydrogen (secondary N) is 2. The molecular weight excluding hydrogens is 256 g/mol. The van der Waals surface area contributed by atoms with Crippen molar-refractivity contribution in [3.63, 3.8) is 0 Å². The number of rotatable bonds is 5. The molecule has 1 heterocycles. The lowest BCUT2D eigenvalue weighted by Crippen LogP contribution is -2.43. The molecule has 3 nitrogen and oxygen atoms in total. The van der Waals surface area contributed by atoms with Crippen molar-refractivity contribution in [1.82, 2.24) is 5.32 Å². The second kappa shape index (κ2) is 7.36. The normalized spacial score (nSPS) is 18.8. The van der Waals surface area contributed by atoms with Crippen molar-refractivity contribution in [3.05, 3.63) is 36.9 Å². The van der Waals surface area contributed by atoms with E-state index in [2.05, 4.69) is 17.2 Å². The van der Waals surface area contributed by atoms with Crippen LogP contribution in [-0.4, -0.2) is 24.2 Å². The van der Waals surface area contributed by atoms with E-state index < -0.39 is 0 Å². The van der Waals surface area contributed by atoms with Gasteiger partial charge in [0.1, 0.15) is 0 Å². The quantitative estimate of drug-likeness (QED) is 0.641. The number of hydrogen-bond donors (Lipinski definition) is 2. The van der Waals surface area contributed by atoms with Crippen molar-refractivity contribution in [2.75, 3.05) is 17.6 Å². The lowest BCUT2D eigenvalue weighted by atomic mass is 10.0. The van der Waals surface area contributed by atoms with Crippen molar-refractivity contribution < 1.29 is 4.79 Å². The molecule has 0 radical (unpaired) electrons. The molecule has 1 aliphatic heterocycles. The van der Waals surface area contributed by atoms with Crippen LogP contribution in [0.4, 0.5) is 5.69 Å².